The average molecular weight is 249 g/mol. The van der Waals surface area contributed by atoms with Crippen molar-refractivity contribution in [2.24, 2.45) is 0 Å². The zero-order chi connectivity index (χ0) is 13.6. The zero-order valence-corrected chi connectivity index (χ0v) is 9.67. The Morgan fingerprint density at radius 1 is 1.47 bits per heavy atom. The van der Waals surface area contributed by atoms with E-state index in [9.17, 15) is 23.3 Å². The number of nitro groups is 1. The van der Waals surface area contributed by atoms with E-state index in [1.165, 1.54) is 19.9 Å². The second-order valence-electron chi connectivity index (χ2n) is 3.46. The van der Waals surface area contributed by atoms with Crippen LogP contribution in [0.2, 0.25) is 0 Å². The van der Waals surface area contributed by atoms with Gasteiger partial charge < -0.3 is 0 Å². The van der Waals surface area contributed by atoms with Crippen LogP contribution in [-0.2, 0) is 0 Å². The van der Waals surface area contributed by atoms with Gasteiger partial charge in [0.2, 0.25) is 0 Å². The Morgan fingerprint density at radius 3 is 2.29 bits per heavy atom. The Labute approximate surface area is 97.5 Å². The fourth-order valence-corrected chi connectivity index (χ4v) is 1.19. The first kappa shape index (κ1) is 15.4. The minimum atomic E-state index is -4.68. The van der Waals surface area contributed by atoms with Crippen LogP contribution < -0.4 is 0 Å². The molecule has 0 rings (SSSR count). The third kappa shape index (κ3) is 4.84. The number of allylic oxidation sites excluding steroid dienone is 4. The summed E-state index contributed by atoms with van der Waals surface area (Å²) in [5.74, 6) is 0. The minimum absolute atomic E-state index is 0.188. The largest absolute Gasteiger partial charge is 0.419 e. The maximum atomic E-state index is 12.7. The van der Waals surface area contributed by atoms with Gasteiger partial charge in [-0.3, -0.25) is 10.1 Å². The minimum Gasteiger partial charge on any atom is -0.258 e. The average Bonchev–Trinajstić information content (AvgIpc) is 2.20. The second kappa shape index (κ2) is 6.22. The molecule has 0 amide bonds. The van der Waals surface area contributed by atoms with Gasteiger partial charge in [0.15, 0.2) is 0 Å². The van der Waals surface area contributed by atoms with Gasteiger partial charge in [0.05, 0.1) is 4.92 Å². The molecule has 0 aliphatic heterocycles. The molecule has 0 radical (unpaired) electrons. The maximum Gasteiger partial charge on any atom is 0.419 e. The van der Waals surface area contributed by atoms with Crippen molar-refractivity contribution in [2.75, 3.05) is 0 Å². The fourth-order valence-electron chi connectivity index (χ4n) is 1.19. The van der Waals surface area contributed by atoms with Crippen LogP contribution in [0.3, 0.4) is 0 Å². The molecular weight excluding hydrogens is 235 g/mol. The van der Waals surface area contributed by atoms with Crippen molar-refractivity contribution in [3.05, 3.63) is 45.7 Å². The Balaban J connectivity index is 5.77. The van der Waals surface area contributed by atoms with Gasteiger partial charge in [0.25, 0.3) is 5.70 Å². The van der Waals surface area contributed by atoms with E-state index >= 15 is 0 Å². The van der Waals surface area contributed by atoms with Crippen LogP contribution >= 0.6 is 0 Å². The van der Waals surface area contributed by atoms with E-state index in [0.717, 1.165) is 6.08 Å². The molecule has 0 unspecified atom stereocenters. The summed E-state index contributed by atoms with van der Waals surface area (Å²) in [6, 6.07) is 0. The van der Waals surface area contributed by atoms with Gasteiger partial charge in [-0.1, -0.05) is 26.0 Å². The number of halogens is 3. The molecule has 0 atom stereocenters. The zero-order valence-electron chi connectivity index (χ0n) is 9.67. The van der Waals surface area contributed by atoms with Crippen LogP contribution in [0, 0.1) is 10.1 Å². The van der Waals surface area contributed by atoms with E-state index in [0.29, 0.717) is 5.57 Å². The highest BCUT2D eigenvalue weighted by Gasteiger charge is 2.39. The summed E-state index contributed by atoms with van der Waals surface area (Å²) in [5, 5.41) is 10.7. The highest BCUT2D eigenvalue weighted by molar-refractivity contribution is 5.29. The summed E-state index contributed by atoms with van der Waals surface area (Å²) in [7, 11) is 0. The first-order valence-electron chi connectivity index (χ1n) is 4.99. The first-order chi connectivity index (χ1) is 7.73. The van der Waals surface area contributed by atoms with Gasteiger partial charge in [-0.15, -0.1) is 0 Å². The summed E-state index contributed by atoms with van der Waals surface area (Å²) in [6.07, 6.45) is -2.71. The molecule has 17 heavy (non-hydrogen) atoms. The van der Waals surface area contributed by atoms with Crippen LogP contribution in [0.15, 0.2) is 35.6 Å². The summed E-state index contributed by atoms with van der Waals surface area (Å²) >= 11 is 0. The van der Waals surface area contributed by atoms with Crippen LogP contribution in [0.1, 0.15) is 26.7 Å². The Kier molecular flexibility index (Phi) is 5.64. The molecule has 0 saturated carbocycles. The van der Waals surface area contributed by atoms with Gasteiger partial charge in [0, 0.05) is 6.08 Å². The summed E-state index contributed by atoms with van der Waals surface area (Å²) in [6.45, 7) is 6.34. The predicted octanol–water partition coefficient (Wildman–Crippen LogP) is 4.01. The van der Waals surface area contributed by atoms with Gasteiger partial charge >= 0.3 is 6.18 Å². The number of nitrogens with zero attached hydrogens (tertiary/aromatic N) is 1. The molecule has 0 saturated heterocycles. The lowest BCUT2D eigenvalue weighted by Crippen LogP contribution is -2.17. The Hall–Kier alpha value is -1.59. The van der Waals surface area contributed by atoms with Gasteiger partial charge in [-0.25, -0.2) is 0 Å². The van der Waals surface area contributed by atoms with E-state index in [1.54, 1.807) is 0 Å². The quantitative estimate of drug-likeness (QED) is 0.419. The molecule has 0 aliphatic rings. The fraction of sp³-hybridized carbons (Fsp3) is 0.455. The van der Waals surface area contributed by atoms with Gasteiger partial charge in [0.1, 0.15) is 5.57 Å². The standard InChI is InChI=1S/C11H14F3NO2/c1-4-6-9(11(12,13)14)10(15(16)17)7-8(3)5-2/h5,7H,2,4,6H2,1,3H3/b8-7-,10-9-. The van der Waals surface area contributed by atoms with Gasteiger partial charge in [-0.2, -0.15) is 13.2 Å². The van der Waals surface area contributed by atoms with Crippen LogP contribution in [0.4, 0.5) is 13.2 Å². The maximum absolute atomic E-state index is 12.7. The van der Waals surface area contributed by atoms with E-state index in [-0.39, 0.29) is 12.8 Å². The molecule has 96 valence electrons. The third-order valence-electron chi connectivity index (χ3n) is 2.03. The number of hydrogen-bond donors (Lipinski definition) is 0. The lowest BCUT2D eigenvalue weighted by molar-refractivity contribution is -0.422. The molecule has 0 aromatic rings. The molecule has 0 aliphatic carbocycles. The summed E-state index contributed by atoms with van der Waals surface area (Å²) in [5.41, 5.74) is -1.70. The van der Waals surface area contributed by atoms with E-state index in [1.807, 2.05) is 0 Å². The van der Waals surface area contributed by atoms with Crippen molar-refractivity contribution >= 4 is 0 Å². The van der Waals surface area contributed by atoms with Crippen molar-refractivity contribution in [1.82, 2.24) is 0 Å². The Bertz CT molecular complexity index is 367. The topological polar surface area (TPSA) is 43.1 Å². The predicted molar refractivity (Wildman–Crippen MR) is 58.9 cm³/mol. The van der Waals surface area contributed by atoms with Crippen molar-refractivity contribution in [3.63, 3.8) is 0 Å². The monoisotopic (exact) mass is 249 g/mol. The molecule has 0 aromatic carbocycles. The van der Waals surface area contributed by atoms with Crippen molar-refractivity contribution in [2.45, 2.75) is 32.9 Å². The number of rotatable bonds is 5. The van der Waals surface area contributed by atoms with Crippen molar-refractivity contribution in [3.8, 4) is 0 Å². The molecule has 0 bridgehead atoms. The first-order valence-corrected chi connectivity index (χ1v) is 4.99. The highest BCUT2D eigenvalue weighted by atomic mass is 19.4. The van der Waals surface area contributed by atoms with E-state index in [2.05, 4.69) is 6.58 Å². The third-order valence-corrected chi connectivity index (χ3v) is 2.03. The number of hydrogen-bond acceptors (Lipinski definition) is 2. The van der Waals surface area contributed by atoms with Crippen molar-refractivity contribution < 1.29 is 18.1 Å². The van der Waals surface area contributed by atoms with Crippen LogP contribution in [0.25, 0.3) is 0 Å². The van der Waals surface area contributed by atoms with Crippen LogP contribution in [0.5, 0.6) is 0 Å². The second-order valence-corrected chi connectivity index (χ2v) is 3.46. The number of alkyl halides is 3. The highest BCUT2D eigenvalue weighted by Crippen LogP contribution is 2.32. The normalized spacial score (nSPS) is 14.3. The molecule has 0 aromatic heterocycles. The Morgan fingerprint density at radius 2 is 2.00 bits per heavy atom. The molecule has 0 heterocycles. The van der Waals surface area contributed by atoms with Gasteiger partial charge in [-0.05, 0) is 18.9 Å². The van der Waals surface area contributed by atoms with Crippen LogP contribution in [-0.4, -0.2) is 11.1 Å². The summed E-state index contributed by atoms with van der Waals surface area (Å²) in [4.78, 5) is 9.67. The van der Waals surface area contributed by atoms with Crippen molar-refractivity contribution in [1.29, 1.82) is 0 Å². The molecule has 0 fully saturated rings. The molecular formula is C11H14F3NO2. The SMILES string of the molecule is C=C/C(C)=C\C(=C(/CCC)C(F)(F)F)[N+](=O)[O-]. The molecule has 6 heteroatoms. The molecule has 0 spiro atoms. The summed E-state index contributed by atoms with van der Waals surface area (Å²) < 4.78 is 38.0. The molecule has 3 nitrogen and oxygen atoms in total. The lowest BCUT2D eigenvalue weighted by atomic mass is 10.1. The smallest absolute Gasteiger partial charge is 0.258 e. The molecule has 0 N–H and O–H groups in total. The van der Waals surface area contributed by atoms with E-state index in [4.69, 9.17) is 0 Å². The lowest BCUT2D eigenvalue weighted by Gasteiger charge is -2.10. The van der Waals surface area contributed by atoms with E-state index < -0.39 is 22.4 Å².